The summed E-state index contributed by atoms with van der Waals surface area (Å²) in [5.74, 6) is 0. The molecule has 0 unspecified atom stereocenters. The average Bonchev–Trinajstić information content (AvgIpc) is 2.57. The lowest BCUT2D eigenvalue weighted by Crippen LogP contribution is -2.64. The molecule has 0 saturated carbocycles. The molecule has 2 aromatic rings. The van der Waals surface area contributed by atoms with Crippen molar-refractivity contribution in [2.45, 2.75) is 31.3 Å². The van der Waals surface area contributed by atoms with Crippen LogP contribution >= 0.6 is 0 Å². The Balaban J connectivity index is 1.39. The van der Waals surface area contributed by atoms with Gasteiger partial charge in [-0.2, -0.15) is 0 Å². The molecule has 0 bridgehead atoms. The molecule has 22 heavy (non-hydrogen) atoms. The van der Waals surface area contributed by atoms with Crippen LogP contribution in [0.4, 0.5) is 5.69 Å². The van der Waals surface area contributed by atoms with E-state index in [0.29, 0.717) is 5.54 Å². The summed E-state index contributed by atoms with van der Waals surface area (Å²) in [6.45, 7) is 4.47. The molecule has 2 fully saturated rings. The molecule has 2 aliphatic rings. The standard InChI is InChI=1S/C18H22N4/c1-2-10-20-16(4-1)15-21-11-6-18(7-12-21)8-13-22(18)17-5-3-9-19-14-17/h1-5,9-10,14H,6-8,11-13,15H2. The van der Waals surface area contributed by atoms with E-state index in [1.807, 2.05) is 30.7 Å². The second-order valence-corrected chi connectivity index (χ2v) is 6.43. The zero-order valence-corrected chi connectivity index (χ0v) is 12.9. The van der Waals surface area contributed by atoms with Gasteiger partial charge in [-0.05, 0) is 43.5 Å². The number of hydrogen-bond acceptors (Lipinski definition) is 4. The van der Waals surface area contributed by atoms with E-state index < -0.39 is 0 Å². The number of hydrogen-bond donors (Lipinski definition) is 0. The van der Waals surface area contributed by atoms with E-state index in [0.717, 1.165) is 19.6 Å². The second-order valence-electron chi connectivity index (χ2n) is 6.43. The predicted molar refractivity (Wildman–Crippen MR) is 87.7 cm³/mol. The number of pyridine rings is 2. The Morgan fingerprint density at radius 1 is 0.955 bits per heavy atom. The Labute approximate surface area is 131 Å². The van der Waals surface area contributed by atoms with Crippen LogP contribution in [0.1, 0.15) is 25.0 Å². The first-order chi connectivity index (χ1) is 10.9. The quantitative estimate of drug-likeness (QED) is 0.871. The summed E-state index contributed by atoms with van der Waals surface area (Å²) >= 11 is 0. The molecule has 0 aliphatic carbocycles. The van der Waals surface area contributed by atoms with Crippen LogP contribution in [0.25, 0.3) is 0 Å². The molecule has 4 heterocycles. The summed E-state index contributed by atoms with van der Waals surface area (Å²) in [5, 5.41) is 0. The highest BCUT2D eigenvalue weighted by molar-refractivity contribution is 5.50. The van der Waals surface area contributed by atoms with Gasteiger partial charge in [0, 0.05) is 44.1 Å². The minimum Gasteiger partial charge on any atom is -0.364 e. The monoisotopic (exact) mass is 294 g/mol. The van der Waals surface area contributed by atoms with Crippen LogP contribution in [0.5, 0.6) is 0 Å². The third-order valence-electron chi connectivity index (χ3n) is 5.23. The first-order valence-corrected chi connectivity index (χ1v) is 8.16. The summed E-state index contributed by atoms with van der Waals surface area (Å²) < 4.78 is 0. The second kappa shape index (κ2) is 5.69. The lowest BCUT2D eigenvalue weighted by molar-refractivity contribution is 0.111. The van der Waals surface area contributed by atoms with Crippen LogP contribution in [0.3, 0.4) is 0 Å². The number of anilines is 1. The normalized spacial score (nSPS) is 20.8. The molecule has 4 heteroatoms. The summed E-state index contributed by atoms with van der Waals surface area (Å²) in [7, 11) is 0. The molecule has 0 radical (unpaired) electrons. The molecule has 0 aromatic carbocycles. The fraction of sp³-hybridized carbons (Fsp3) is 0.444. The van der Waals surface area contributed by atoms with Crippen LogP contribution in [0.15, 0.2) is 48.9 Å². The Morgan fingerprint density at radius 3 is 2.45 bits per heavy atom. The molecule has 0 amide bonds. The van der Waals surface area contributed by atoms with Crippen molar-refractivity contribution in [2.24, 2.45) is 0 Å². The van der Waals surface area contributed by atoms with E-state index >= 15 is 0 Å². The molecule has 0 atom stereocenters. The highest BCUT2D eigenvalue weighted by Gasteiger charge is 2.46. The van der Waals surface area contributed by atoms with Gasteiger partial charge >= 0.3 is 0 Å². The molecule has 2 aromatic heterocycles. The number of likely N-dealkylation sites (tertiary alicyclic amines) is 1. The van der Waals surface area contributed by atoms with Gasteiger partial charge in [0.15, 0.2) is 0 Å². The van der Waals surface area contributed by atoms with Gasteiger partial charge in [-0.1, -0.05) is 6.07 Å². The fourth-order valence-corrected chi connectivity index (χ4v) is 3.82. The van der Waals surface area contributed by atoms with E-state index in [1.165, 1.54) is 37.2 Å². The van der Waals surface area contributed by atoms with E-state index in [2.05, 4.69) is 38.0 Å². The summed E-state index contributed by atoms with van der Waals surface area (Å²) in [6, 6.07) is 10.4. The van der Waals surface area contributed by atoms with Gasteiger partial charge in [-0.25, -0.2) is 0 Å². The van der Waals surface area contributed by atoms with Gasteiger partial charge in [0.05, 0.1) is 17.6 Å². The van der Waals surface area contributed by atoms with Crippen molar-refractivity contribution in [1.29, 1.82) is 0 Å². The van der Waals surface area contributed by atoms with Crippen LogP contribution in [0.2, 0.25) is 0 Å². The Kier molecular flexibility index (Phi) is 3.54. The van der Waals surface area contributed by atoms with Crippen molar-refractivity contribution in [3.63, 3.8) is 0 Å². The molecular formula is C18H22N4. The van der Waals surface area contributed by atoms with Crippen LogP contribution < -0.4 is 4.90 Å². The van der Waals surface area contributed by atoms with Crippen molar-refractivity contribution in [2.75, 3.05) is 24.5 Å². The molecule has 1 spiro atoms. The molecule has 114 valence electrons. The molecule has 4 rings (SSSR count). The molecular weight excluding hydrogens is 272 g/mol. The maximum absolute atomic E-state index is 4.45. The van der Waals surface area contributed by atoms with Crippen molar-refractivity contribution < 1.29 is 0 Å². The molecule has 2 aliphatic heterocycles. The van der Waals surface area contributed by atoms with Crippen LogP contribution in [-0.2, 0) is 6.54 Å². The maximum Gasteiger partial charge on any atom is 0.0557 e. The lowest BCUT2D eigenvalue weighted by atomic mass is 9.76. The van der Waals surface area contributed by atoms with Crippen molar-refractivity contribution in [3.8, 4) is 0 Å². The number of rotatable bonds is 3. The number of nitrogens with zero attached hydrogens (tertiary/aromatic N) is 4. The van der Waals surface area contributed by atoms with Gasteiger partial charge in [-0.3, -0.25) is 14.9 Å². The van der Waals surface area contributed by atoms with Crippen LogP contribution in [0, 0.1) is 0 Å². The molecule has 2 saturated heterocycles. The highest BCUT2D eigenvalue weighted by atomic mass is 15.3. The number of aromatic nitrogens is 2. The van der Waals surface area contributed by atoms with E-state index in [4.69, 9.17) is 0 Å². The molecule has 4 nitrogen and oxygen atoms in total. The Hall–Kier alpha value is -1.94. The van der Waals surface area contributed by atoms with Gasteiger partial charge in [0.1, 0.15) is 0 Å². The van der Waals surface area contributed by atoms with E-state index in [1.54, 1.807) is 0 Å². The van der Waals surface area contributed by atoms with Gasteiger partial charge in [0.25, 0.3) is 0 Å². The molecule has 0 N–H and O–H groups in total. The zero-order valence-electron chi connectivity index (χ0n) is 12.9. The van der Waals surface area contributed by atoms with E-state index in [-0.39, 0.29) is 0 Å². The van der Waals surface area contributed by atoms with E-state index in [9.17, 15) is 0 Å². The Morgan fingerprint density at radius 2 is 1.82 bits per heavy atom. The fourth-order valence-electron chi connectivity index (χ4n) is 3.82. The number of piperidine rings is 1. The zero-order chi connectivity index (χ0) is 14.8. The van der Waals surface area contributed by atoms with Crippen LogP contribution in [-0.4, -0.2) is 40.0 Å². The minimum absolute atomic E-state index is 0.379. The van der Waals surface area contributed by atoms with Crippen molar-refractivity contribution in [1.82, 2.24) is 14.9 Å². The predicted octanol–water partition coefficient (Wildman–Crippen LogP) is 2.72. The summed E-state index contributed by atoms with van der Waals surface area (Å²) in [5.41, 5.74) is 2.84. The first-order valence-electron chi connectivity index (χ1n) is 8.16. The van der Waals surface area contributed by atoms with Crippen molar-refractivity contribution >= 4 is 5.69 Å². The first kappa shape index (κ1) is 13.7. The highest BCUT2D eigenvalue weighted by Crippen LogP contribution is 2.42. The minimum atomic E-state index is 0.379. The van der Waals surface area contributed by atoms with Gasteiger partial charge in [-0.15, -0.1) is 0 Å². The third-order valence-corrected chi connectivity index (χ3v) is 5.23. The van der Waals surface area contributed by atoms with Gasteiger partial charge < -0.3 is 4.90 Å². The maximum atomic E-state index is 4.45. The topological polar surface area (TPSA) is 32.3 Å². The Bertz CT molecular complexity index is 605. The van der Waals surface area contributed by atoms with Crippen molar-refractivity contribution in [3.05, 3.63) is 54.6 Å². The van der Waals surface area contributed by atoms with Gasteiger partial charge in [0.2, 0.25) is 0 Å². The SMILES string of the molecule is c1ccc(CN2CCC3(CC2)CCN3c2cccnc2)nc1. The summed E-state index contributed by atoms with van der Waals surface area (Å²) in [4.78, 5) is 13.8. The summed E-state index contributed by atoms with van der Waals surface area (Å²) in [6.07, 6.45) is 9.55. The third kappa shape index (κ3) is 2.48. The largest absolute Gasteiger partial charge is 0.364 e. The smallest absolute Gasteiger partial charge is 0.0557 e. The average molecular weight is 294 g/mol. The lowest BCUT2D eigenvalue weighted by Gasteiger charge is -2.57.